The molecule has 2 heterocycles. The molecule has 1 aliphatic carbocycles. The molecule has 8 nitrogen and oxygen atoms in total. The number of aromatic nitrogens is 2. The van der Waals surface area contributed by atoms with Crippen molar-refractivity contribution in [1.29, 1.82) is 0 Å². The number of anilines is 1. The van der Waals surface area contributed by atoms with E-state index in [0.717, 1.165) is 24.8 Å². The van der Waals surface area contributed by atoms with Crippen LogP contribution < -0.4 is 21.1 Å². The highest BCUT2D eigenvalue weighted by molar-refractivity contribution is 6.31. The minimum atomic E-state index is -0.0888. The molecule has 9 heteroatoms. The van der Waals surface area contributed by atoms with Crippen LogP contribution in [0.5, 0.6) is 5.75 Å². The second-order valence-corrected chi connectivity index (χ2v) is 7.77. The van der Waals surface area contributed by atoms with Crippen molar-refractivity contribution in [3.8, 4) is 5.75 Å². The van der Waals surface area contributed by atoms with Crippen molar-refractivity contribution in [2.45, 2.75) is 44.0 Å². The number of rotatable bonds is 7. The lowest BCUT2D eigenvalue weighted by molar-refractivity contribution is 0.0766. The van der Waals surface area contributed by atoms with Crippen LogP contribution >= 0.6 is 11.6 Å². The number of nitrogens with one attached hydrogen (secondary N) is 2. The summed E-state index contributed by atoms with van der Waals surface area (Å²) in [7, 11) is 0. The molecule has 2 atom stereocenters. The Morgan fingerprint density at radius 2 is 2.07 bits per heavy atom. The molecule has 1 saturated carbocycles. The molecule has 2 aliphatic rings. The van der Waals surface area contributed by atoms with Gasteiger partial charge in [0, 0.05) is 34.8 Å². The van der Waals surface area contributed by atoms with Gasteiger partial charge in [0.1, 0.15) is 6.61 Å². The van der Waals surface area contributed by atoms with Crippen molar-refractivity contribution in [3.63, 3.8) is 0 Å². The van der Waals surface area contributed by atoms with Crippen molar-refractivity contribution in [3.05, 3.63) is 46.7 Å². The quantitative estimate of drug-likeness (QED) is 0.632. The van der Waals surface area contributed by atoms with E-state index in [1.165, 1.54) is 0 Å². The van der Waals surface area contributed by atoms with Crippen molar-refractivity contribution in [2.24, 2.45) is 5.73 Å². The Balaban J connectivity index is 1.34. The molecule has 1 aromatic heterocycles. The van der Waals surface area contributed by atoms with Crippen molar-refractivity contribution in [2.75, 3.05) is 18.5 Å². The Kier molecular flexibility index (Phi) is 6.13. The molecule has 29 heavy (non-hydrogen) atoms. The van der Waals surface area contributed by atoms with E-state index in [0.29, 0.717) is 41.5 Å². The lowest BCUT2D eigenvalue weighted by atomic mass is 10.1. The van der Waals surface area contributed by atoms with E-state index >= 15 is 0 Å². The van der Waals surface area contributed by atoms with Gasteiger partial charge in [-0.2, -0.15) is 0 Å². The molecule has 4 N–H and O–H groups in total. The number of ether oxygens (including phenoxy) is 2. The van der Waals surface area contributed by atoms with E-state index in [1.807, 2.05) is 0 Å². The molecule has 1 saturated heterocycles. The van der Waals surface area contributed by atoms with E-state index < -0.39 is 0 Å². The highest BCUT2D eigenvalue weighted by Gasteiger charge is 2.24. The second-order valence-electron chi connectivity index (χ2n) is 7.36. The molecule has 4 rings (SSSR count). The third-order valence-electron chi connectivity index (χ3n) is 4.97. The van der Waals surface area contributed by atoms with Gasteiger partial charge in [0.15, 0.2) is 5.75 Å². The average Bonchev–Trinajstić information content (AvgIpc) is 3.54. The first-order chi connectivity index (χ1) is 14.1. The lowest BCUT2D eigenvalue weighted by Gasteiger charge is -2.29. The van der Waals surface area contributed by atoms with Crippen LogP contribution in [0.2, 0.25) is 5.02 Å². The van der Waals surface area contributed by atoms with Crippen LogP contribution in [0.25, 0.3) is 0 Å². The fourth-order valence-electron chi connectivity index (χ4n) is 3.02. The molecule has 1 aliphatic heterocycles. The van der Waals surface area contributed by atoms with E-state index in [-0.39, 0.29) is 24.6 Å². The SMILES string of the molecule is N[C@H]1CCOC[C@H]1Nc1ncc(OCc2cc(C(=O)NC3CC3)ccc2Cl)cn1. The number of amides is 1. The number of hydrogen-bond donors (Lipinski definition) is 3. The molecule has 0 spiro atoms. The third-order valence-corrected chi connectivity index (χ3v) is 5.34. The summed E-state index contributed by atoms with van der Waals surface area (Å²) in [6, 6.07) is 5.47. The van der Waals surface area contributed by atoms with Crippen molar-refractivity contribution in [1.82, 2.24) is 15.3 Å². The minimum absolute atomic E-state index is 0.00908. The molecule has 0 radical (unpaired) electrons. The monoisotopic (exact) mass is 417 g/mol. The first-order valence-corrected chi connectivity index (χ1v) is 10.1. The summed E-state index contributed by atoms with van der Waals surface area (Å²) in [5.74, 6) is 0.887. The van der Waals surface area contributed by atoms with Gasteiger partial charge in [-0.1, -0.05) is 11.6 Å². The van der Waals surface area contributed by atoms with E-state index in [4.69, 9.17) is 26.8 Å². The molecule has 2 aromatic rings. The predicted molar refractivity (Wildman–Crippen MR) is 109 cm³/mol. The maximum atomic E-state index is 12.2. The fraction of sp³-hybridized carbons (Fsp3) is 0.450. The van der Waals surface area contributed by atoms with Crippen molar-refractivity contribution < 1.29 is 14.3 Å². The summed E-state index contributed by atoms with van der Waals surface area (Å²) in [4.78, 5) is 20.8. The first-order valence-electron chi connectivity index (χ1n) is 9.72. The molecule has 0 unspecified atom stereocenters. The Morgan fingerprint density at radius 1 is 1.28 bits per heavy atom. The number of benzene rings is 1. The van der Waals surface area contributed by atoms with Gasteiger partial charge in [0.2, 0.25) is 5.95 Å². The molecular formula is C20H24ClN5O3. The maximum Gasteiger partial charge on any atom is 0.251 e. The zero-order chi connectivity index (χ0) is 20.2. The summed E-state index contributed by atoms with van der Waals surface area (Å²) in [6.07, 6.45) is 6.06. The normalized spacial score (nSPS) is 21.4. The summed E-state index contributed by atoms with van der Waals surface area (Å²) >= 11 is 6.26. The lowest BCUT2D eigenvalue weighted by Crippen LogP contribution is -2.47. The molecule has 2 fully saturated rings. The van der Waals surface area contributed by atoms with Gasteiger partial charge in [-0.05, 0) is 37.5 Å². The number of carbonyl (C=O) groups is 1. The van der Waals surface area contributed by atoms with Gasteiger partial charge >= 0.3 is 0 Å². The van der Waals surface area contributed by atoms with Gasteiger partial charge in [-0.25, -0.2) is 9.97 Å². The second kappa shape index (κ2) is 8.94. The Labute approximate surface area is 174 Å². The summed E-state index contributed by atoms with van der Waals surface area (Å²) in [6.45, 7) is 1.42. The summed E-state index contributed by atoms with van der Waals surface area (Å²) < 4.78 is 11.2. The molecular weight excluding hydrogens is 394 g/mol. The molecule has 1 amide bonds. The van der Waals surface area contributed by atoms with Crippen LogP contribution in [0.3, 0.4) is 0 Å². The Hall–Kier alpha value is -2.42. The zero-order valence-electron chi connectivity index (χ0n) is 15.9. The van der Waals surface area contributed by atoms with Gasteiger partial charge < -0.3 is 25.8 Å². The Morgan fingerprint density at radius 3 is 2.79 bits per heavy atom. The molecule has 1 aromatic carbocycles. The van der Waals surface area contributed by atoms with Crippen LogP contribution in [-0.2, 0) is 11.3 Å². The van der Waals surface area contributed by atoms with Crippen LogP contribution in [0.4, 0.5) is 5.95 Å². The Bertz CT molecular complexity index is 860. The first kappa shape index (κ1) is 19.9. The fourth-order valence-corrected chi connectivity index (χ4v) is 3.19. The number of halogens is 1. The van der Waals surface area contributed by atoms with E-state index in [2.05, 4.69) is 20.6 Å². The molecule has 154 valence electrons. The van der Waals surface area contributed by atoms with Gasteiger partial charge in [0.25, 0.3) is 5.91 Å². The topological polar surface area (TPSA) is 111 Å². The largest absolute Gasteiger partial charge is 0.486 e. The van der Waals surface area contributed by atoms with Crippen LogP contribution in [0.1, 0.15) is 35.2 Å². The highest BCUT2D eigenvalue weighted by Crippen LogP contribution is 2.23. The van der Waals surface area contributed by atoms with E-state index in [1.54, 1.807) is 30.6 Å². The number of hydrogen-bond acceptors (Lipinski definition) is 7. The van der Waals surface area contributed by atoms with Crippen molar-refractivity contribution >= 4 is 23.5 Å². The maximum absolute atomic E-state index is 12.2. The van der Waals surface area contributed by atoms with Crippen LogP contribution in [0, 0.1) is 0 Å². The number of nitrogens with two attached hydrogens (primary N) is 1. The van der Waals surface area contributed by atoms with Crippen LogP contribution in [-0.4, -0.2) is 47.2 Å². The van der Waals surface area contributed by atoms with E-state index in [9.17, 15) is 4.79 Å². The zero-order valence-corrected chi connectivity index (χ0v) is 16.7. The minimum Gasteiger partial charge on any atom is -0.486 e. The number of carbonyl (C=O) groups excluding carboxylic acids is 1. The van der Waals surface area contributed by atoms with Gasteiger partial charge in [-0.3, -0.25) is 4.79 Å². The summed E-state index contributed by atoms with van der Waals surface area (Å²) in [5, 5.41) is 6.69. The predicted octanol–water partition coefficient (Wildman–Crippen LogP) is 2.13. The average molecular weight is 418 g/mol. The molecule has 0 bridgehead atoms. The standard InChI is InChI=1S/C20H24ClN5O3/c21-16-4-1-12(19(27)25-14-2-3-14)7-13(16)10-29-15-8-23-20(24-9-15)26-18-11-28-6-5-17(18)22/h1,4,7-9,14,17-18H,2-3,5-6,10-11,22H2,(H,25,27)(H,23,24,26)/t17-,18+/m0/s1. The van der Waals surface area contributed by atoms with Gasteiger partial charge in [-0.15, -0.1) is 0 Å². The highest BCUT2D eigenvalue weighted by atomic mass is 35.5. The smallest absolute Gasteiger partial charge is 0.251 e. The van der Waals surface area contributed by atoms with Gasteiger partial charge in [0.05, 0.1) is 25.0 Å². The van der Waals surface area contributed by atoms with Crippen LogP contribution in [0.15, 0.2) is 30.6 Å². The third kappa shape index (κ3) is 5.35. The summed E-state index contributed by atoms with van der Waals surface area (Å²) in [5.41, 5.74) is 7.38. The number of nitrogens with zero attached hydrogens (tertiary/aromatic N) is 2.